The highest BCUT2D eigenvalue weighted by Gasteiger charge is 2.25. The van der Waals surface area contributed by atoms with Gasteiger partial charge in [0.15, 0.2) is 0 Å². The van der Waals surface area contributed by atoms with Gasteiger partial charge < -0.3 is 10.1 Å². The fourth-order valence-electron chi connectivity index (χ4n) is 2.03. The van der Waals surface area contributed by atoms with Crippen LogP contribution in [0.3, 0.4) is 0 Å². The molecule has 1 fully saturated rings. The van der Waals surface area contributed by atoms with Crippen molar-refractivity contribution >= 4 is 15.9 Å². The van der Waals surface area contributed by atoms with Gasteiger partial charge in [-0.1, -0.05) is 6.92 Å². The summed E-state index contributed by atoms with van der Waals surface area (Å²) in [5.74, 6) is -0.277. The van der Waals surface area contributed by atoms with Crippen molar-refractivity contribution < 1.29 is 17.9 Å². The summed E-state index contributed by atoms with van der Waals surface area (Å²) in [5.41, 5.74) is 0. The molecule has 0 spiro atoms. The first-order valence-electron chi connectivity index (χ1n) is 6.69. The Morgan fingerprint density at radius 3 is 2.68 bits per heavy atom. The maximum absolute atomic E-state index is 11.8. The Labute approximate surface area is 115 Å². The van der Waals surface area contributed by atoms with Crippen LogP contribution in [-0.2, 0) is 19.6 Å². The summed E-state index contributed by atoms with van der Waals surface area (Å²) in [5, 5.41) is 2.74. The predicted octanol–water partition coefficient (Wildman–Crippen LogP) is 0.342. The van der Waals surface area contributed by atoms with E-state index in [1.165, 1.54) is 4.31 Å². The van der Waals surface area contributed by atoms with Gasteiger partial charge in [0.1, 0.15) is 0 Å². The third kappa shape index (κ3) is 5.46. The first-order valence-corrected chi connectivity index (χ1v) is 8.54. The molecule has 6 nitrogen and oxygen atoms in total. The summed E-state index contributed by atoms with van der Waals surface area (Å²) in [6.07, 6.45) is 3.84. The molecule has 1 aliphatic rings. The van der Waals surface area contributed by atoms with Gasteiger partial charge in [-0.2, -0.15) is 4.31 Å². The highest BCUT2D eigenvalue weighted by Crippen LogP contribution is 2.11. The monoisotopic (exact) mass is 292 g/mol. The molecular formula is C12H24N2O4S. The number of amides is 1. The van der Waals surface area contributed by atoms with Gasteiger partial charge in [-0.25, -0.2) is 8.42 Å². The molecular weight excluding hydrogens is 268 g/mol. The van der Waals surface area contributed by atoms with E-state index in [1.54, 1.807) is 6.92 Å². The van der Waals surface area contributed by atoms with Crippen molar-refractivity contribution in [3.8, 4) is 0 Å². The summed E-state index contributed by atoms with van der Waals surface area (Å²) < 4.78 is 29.9. The molecule has 2 unspecified atom stereocenters. The number of hydrogen-bond donors (Lipinski definition) is 1. The number of nitrogens with one attached hydrogen (secondary N) is 1. The van der Waals surface area contributed by atoms with Gasteiger partial charge in [0.2, 0.25) is 15.9 Å². The molecule has 1 heterocycles. The predicted molar refractivity (Wildman–Crippen MR) is 73.3 cm³/mol. The summed E-state index contributed by atoms with van der Waals surface area (Å²) >= 11 is 0. The van der Waals surface area contributed by atoms with Gasteiger partial charge in [0.05, 0.1) is 18.9 Å². The molecule has 1 aliphatic heterocycles. The third-order valence-electron chi connectivity index (χ3n) is 3.36. The minimum Gasteiger partial charge on any atom is -0.376 e. The van der Waals surface area contributed by atoms with Crippen LogP contribution in [-0.4, -0.2) is 56.7 Å². The molecule has 0 aromatic rings. The lowest BCUT2D eigenvalue weighted by Gasteiger charge is -2.25. The average Bonchev–Trinajstić information content (AvgIpc) is 2.84. The summed E-state index contributed by atoms with van der Waals surface area (Å²) in [4.78, 5) is 11.8. The second-order valence-corrected chi connectivity index (χ2v) is 6.94. The van der Waals surface area contributed by atoms with Crippen LogP contribution in [0.4, 0.5) is 0 Å². The Bertz CT molecular complexity index is 391. The maximum atomic E-state index is 11.8. The van der Waals surface area contributed by atoms with Crippen LogP contribution < -0.4 is 5.32 Å². The summed E-state index contributed by atoms with van der Waals surface area (Å²) in [6.45, 7) is 4.77. The number of carbonyl (C=O) groups excluding carboxylic acids is 1. The van der Waals surface area contributed by atoms with Crippen LogP contribution in [0.1, 0.15) is 33.1 Å². The van der Waals surface area contributed by atoms with Crippen molar-refractivity contribution in [1.29, 1.82) is 0 Å². The Balaban J connectivity index is 2.46. The molecule has 1 amide bonds. The third-order valence-corrected chi connectivity index (χ3v) is 4.70. The molecule has 1 rings (SSSR count). The van der Waals surface area contributed by atoms with Crippen LogP contribution in [0, 0.1) is 0 Å². The number of rotatable bonds is 7. The Hall–Kier alpha value is -0.660. The van der Waals surface area contributed by atoms with Gasteiger partial charge >= 0.3 is 0 Å². The smallest absolute Gasteiger partial charge is 0.235 e. The number of sulfonamides is 1. The second-order valence-electron chi connectivity index (χ2n) is 5.00. The molecule has 0 aromatic heterocycles. The highest BCUT2D eigenvalue weighted by atomic mass is 32.2. The van der Waals surface area contributed by atoms with Crippen molar-refractivity contribution in [1.82, 2.24) is 9.62 Å². The standard InChI is InChI=1S/C12H24N2O4S/c1-4-10(2)14(19(3,16)17)9-12(15)13-8-11-6-5-7-18-11/h10-11H,4-9H2,1-3H3,(H,13,15). The van der Waals surface area contributed by atoms with Crippen molar-refractivity contribution in [2.75, 3.05) is 26.0 Å². The maximum Gasteiger partial charge on any atom is 0.235 e. The lowest BCUT2D eigenvalue weighted by molar-refractivity contribution is -0.122. The van der Waals surface area contributed by atoms with E-state index >= 15 is 0 Å². The molecule has 1 saturated heterocycles. The molecule has 19 heavy (non-hydrogen) atoms. The topological polar surface area (TPSA) is 75.7 Å². The first kappa shape index (κ1) is 16.4. The van der Waals surface area contributed by atoms with Gasteiger partial charge in [-0.3, -0.25) is 4.79 Å². The quantitative estimate of drug-likeness (QED) is 0.734. The molecule has 1 N–H and O–H groups in total. The van der Waals surface area contributed by atoms with Crippen molar-refractivity contribution in [2.45, 2.75) is 45.3 Å². The number of ether oxygens (including phenoxy) is 1. The van der Waals surface area contributed by atoms with Gasteiger partial charge in [0, 0.05) is 19.2 Å². The second kappa shape index (κ2) is 7.21. The molecule has 0 aliphatic carbocycles. The zero-order valence-corrected chi connectivity index (χ0v) is 12.7. The Morgan fingerprint density at radius 2 is 2.21 bits per heavy atom. The van der Waals surface area contributed by atoms with E-state index in [0.29, 0.717) is 13.0 Å². The normalized spacial score (nSPS) is 21.6. The highest BCUT2D eigenvalue weighted by molar-refractivity contribution is 7.88. The molecule has 0 saturated carbocycles. The molecule has 0 radical (unpaired) electrons. The van der Waals surface area contributed by atoms with Crippen molar-refractivity contribution in [3.63, 3.8) is 0 Å². The Morgan fingerprint density at radius 1 is 1.53 bits per heavy atom. The van der Waals surface area contributed by atoms with E-state index < -0.39 is 10.0 Å². The van der Waals surface area contributed by atoms with Crippen LogP contribution >= 0.6 is 0 Å². The summed E-state index contributed by atoms with van der Waals surface area (Å²) in [6, 6.07) is -0.177. The average molecular weight is 292 g/mol. The largest absolute Gasteiger partial charge is 0.376 e. The van der Waals surface area contributed by atoms with E-state index in [9.17, 15) is 13.2 Å². The molecule has 0 bridgehead atoms. The fraction of sp³-hybridized carbons (Fsp3) is 0.917. The molecule has 0 aromatic carbocycles. The number of carbonyl (C=O) groups is 1. The molecule has 2 atom stereocenters. The Kier molecular flexibility index (Phi) is 6.22. The lowest BCUT2D eigenvalue weighted by atomic mass is 10.2. The molecule has 7 heteroatoms. The van der Waals surface area contributed by atoms with Gasteiger partial charge in [-0.15, -0.1) is 0 Å². The minimum absolute atomic E-state index is 0.0687. The van der Waals surface area contributed by atoms with E-state index in [2.05, 4.69) is 5.32 Å². The van der Waals surface area contributed by atoms with Crippen molar-refractivity contribution in [3.05, 3.63) is 0 Å². The SMILES string of the molecule is CCC(C)N(CC(=O)NCC1CCCO1)S(C)(=O)=O. The van der Waals surface area contributed by atoms with Gasteiger partial charge in [0.25, 0.3) is 0 Å². The lowest BCUT2D eigenvalue weighted by Crippen LogP contribution is -2.45. The van der Waals surface area contributed by atoms with E-state index in [1.807, 2.05) is 6.92 Å². The molecule has 112 valence electrons. The first-order chi connectivity index (χ1) is 8.84. The van der Waals surface area contributed by atoms with Crippen LogP contribution in [0.2, 0.25) is 0 Å². The van der Waals surface area contributed by atoms with E-state index in [4.69, 9.17) is 4.74 Å². The zero-order chi connectivity index (χ0) is 14.5. The van der Waals surface area contributed by atoms with Crippen LogP contribution in [0.15, 0.2) is 0 Å². The zero-order valence-electron chi connectivity index (χ0n) is 11.9. The fourth-order valence-corrected chi connectivity index (χ4v) is 3.19. The minimum atomic E-state index is -3.37. The van der Waals surface area contributed by atoms with Crippen molar-refractivity contribution in [2.24, 2.45) is 0 Å². The van der Waals surface area contributed by atoms with Crippen LogP contribution in [0.25, 0.3) is 0 Å². The number of nitrogens with zero attached hydrogens (tertiary/aromatic N) is 1. The summed E-state index contributed by atoms with van der Waals surface area (Å²) in [7, 11) is -3.37. The van der Waals surface area contributed by atoms with Gasteiger partial charge in [-0.05, 0) is 26.2 Å². The van der Waals surface area contributed by atoms with E-state index in [-0.39, 0.29) is 24.6 Å². The van der Waals surface area contributed by atoms with Crippen LogP contribution in [0.5, 0.6) is 0 Å². The van der Waals surface area contributed by atoms with E-state index in [0.717, 1.165) is 25.7 Å². The number of hydrogen-bond acceptors (Lipinski definition) is 4.